The lowest BCUT2D eigenvalue weighted by Gasteiger charge is -2.28. The van der Waals surface area contributed by atoms with E-state index in [2.05, 4.69) is 16.4 Å². The number of hydrogen-bond donors (Lipinski definition) is 3. The van der Waals surface area contributed by atoms with E-state index < -0.39 is 0 Å². The summed E-state index contributed by atoms with van der Waals surface area (Å²) in [5.41, 5.74) is 1.18. The molecular formula is C11H18N2O. The first kappa shape index (κ1) is 9.74. The van der Waals surface area contributed by atoms with Crippen LogP contribution in [0.2, 0.25) is 0 Å². The Kier molecular flexibility index (Phi) is 3.22. The van der Waals surface area contributed by atoms with Crippen LogP contribution in [0.4, 0.5) is 0 Å². The molecule has 0 amide bonds. The van der Waals surface area contributed by atoms with Crippen LogP contribution in [0.5, 0.6) is 0 Å². The molecule has 1 saturated carbocycles. The molecule has 78 valence electrons. The highest BCUT2D eigenvalue weighted by atomic mass is 16.3. The second kappa shape index (κ2) is 4.62. The molecule has 1 aromatic rings. The van der Waals surface area contributed by atoms with Gasteiger partial charge in [0.05, 0.1) is 6.10 Å². The van der Waals surface area contributed by atoms with E-state index in [4.69, 9.17) is 0 Å². The molecule has 3 heteroatoms. The highest BCUT2D eigenvalue weighted by Crippen LogP contribution is 2.18. The van der Waals surface area contributed by atoms with Crippen molar-refractivity contribution in [2.75, 3.05) is 0 Å². The smallest absolute Gasteiger partial charge is 0.0693 e. The molecule has 0 bridgehead atoms. The van der Waals surface area contributed by atoms with Crippen LogP contribution in [0.3, 0.4) is 0 Å². The van der Waals surface area contributed by atoms with Gasteiger partial charge in [-0.15, -0.1) is 0 Å². The van der Waals surface area contributed by atoms with Crippen LogP contribution in [0.1, 0.15) is 31.4 Å². The number of H-pyrrole nitrogens is 1. The molecule has 2 atom stereocenters. The van der Waals surface area contributed by atoms with E-state index in [1.165, 1.54) is 18.5 Å². The highest BCUT2D eigenvalue weighted by molar-refractivity contribution is 5.03. The van der Waals surface area contributed by atoms with Crippen molar-refractivity contribution >= 4 is 0 Å². The van der Waals surface area contributed by atoms with Crippen LogP contribution in [0, 0.1) is 0 Å². The maximum Gasteiger partial charge on any atom is 0.0693 e. The molecule has 0 unspecified atom stereocenters. The lowest BCUT2D eigenvalue weighted by Crippen LogP contribution is -2.41. The summed E-state index contributed by atoms with van der Waals surface area (Å²) in [4.78, 5) is 3.15. The van der Waals surface area contributed by atoms with Crippen molar-refractivity contribution in [3.05, 3.63) is 24.0 Å². The van der Waals surface area contributed by atoms with Crippen molar-refractivity contribution in [1.82, 2.24) is 10.3 Å². The molecule has 1 aliphatic rings. The fourth-order valence-corrected chi connectivity index (χ4v) is 2.07. The first-order valence-corrected chi connectivity index (χ1v) is 5.40. The van der Waals surface area contributed by atoms with Crippen molar-refractivity contribution < 1.29 is 5.11 Å². The van der Waals surface area contributed by atoms with Crippen LogP contribution >= 0.6 is 0 Å². The molecular weight excluding hydrogens is 176 g/mol. The van der Waals surface area contributed by atoms with E-state index >= 15 is 0 Å². The maximum atomic E-state index is 9.72. The molecule has 0 aliphatic heterocycles. The Morgan fingerprint density at radius 3 is 3.00 bits per heavy atom. The molecule has 0 radical (unpaired) electrons. The predicted octanol–water partition coefficient (Wildman–Crippen LogP) is 1.41. The second-order valence-electron chi connectivity index (χ2n) is 4.03. The summed E-state index contributed by atoms with van der Waals surface area (Å²) in [5, 5.41) is 13.1. The fourth-order valence-electron chi connectivity index (χ4n) is 2.07. The average Bonchev–Trinajstić information content (AvgIpc) is 2.69. The molecule has 1 heterocycles. The molecule has 1 aromatic heterocycles. The van der Waals surface area contributed by atoms with E-state index in [0.717, 1.165) is 19.4 Å². The summed E-state index contributed by atoms with van der Waals surface area (Å²) in [5.74, 6) is 0. The lowest BCUT2D eigenvalue weighted by molar-refractivity contribution is 0.0901. The van der Waals surface area contributed by atoms with Gasteiger partial charge in [0, 0.05) is 24.5 Å². The van der Waals surface area contributed by atoms with Gasteiger partial charge in [0.15, 0.2) is 0 Å². The molecule has 0 spiro atoms. The van der Waals surface area contributed by atoms with Crippen LogP contribution < -0.4 is 5.32 Å². The van der Waals surface area contributed by atoms with E-state index in [1.807, 2.05) is 12.3 Å². The van der Waals surface area contributed by atoms with Gasteiger partial charge >= 0.3 is 0 Å². The quantitative estimate of drug-likeness (QED) is 0.681. The molecule has 3 nitrogen and oxygen atoms in total. The Morgan fingerprint density at radius 2 is 2.29 bits per heavy atom. The van der Waals surface area contributed by atoms with Gasteiger partial charge < -0.3 is 15.4 Å². The number of nitrogens with one attached hydrogen (secondary N) is 2. The molecule has 1 aliphatic carbocycles. The minimum atomic E-state index is -0.154. The highest BCUT2D eigenvalue weighted by Gasteiger charge is 2.21. The average molecular weight is 194 g/mol. The van der Waals surface area contributed by atoms with Crippen LogP contribution in [-0.2, 0) is 6.54 Å². The van der Waals surface area contributed by atoms with Crippen molar-refractivity contribution in [3.8, 4) is 0 Å². The zero-order valence-corrected chi connectivity index (χ0v) is 8.37. The van der Waals surface area contributed by atoms with Gasteiger partial charge in [-0.1, -0.05) is 12.8 Å². The van der Waals surface area contributed by atoms with Gasteiger partial charge in [0.1, 0.15) is 0 Å². The molecule has 2 rings (SSSR count). The Balaban J connectivity index is 1.79. The molecule has 14 heavy (non-hydrogen) atoms. The van der Waals surface area contributed by atoms with Crippen LogP contribution in [0.15, 0.2) is 18.3 Å². The summed E-state index contributed by atoms with van der Waals surface area (Å²) in [6, 6.07) is 4.34. The van der Waals surface area contributed by atoms with Gasteiger partial charge in [-0.2, -0.15) is 0 Å². The minimum absolute atomic E-state index is 0.154. The summed E-state index contributed by atoms with van der Waals surface area (Å²) in [6.07, 6.45) is 6.22. The monoisotopic (exact) mass is 194 g/mol. The number of aromatic amines is 1. The number of aromatic nitrogens is 1. The first-order chi connectivity index (χ1) is 6.86. The standard InChI is InChI=1S/C11H18N2O/c14-11-6-2-1-5-10(11)13-8-9-4-3-7-12-9/h3-4,7,10-14H,1-2,5-6,8H2/t10-,11+/m0/s1. The number of aliphatic hydroxyl groups is 1. The van der Waals surface area contributed by atoms with E-state index in [-0.39, 0.29) is 12.1 Å². The van der Waals surface area contributed by atoms with Crippen molar-refractivity contribution in [3.63, 3.8) is 0 Å². The fraction of sp³-hybridized carbons (Fsp3) is 0.636. The Bertz CT molecular complexity index is 258. The molecule has 3 N–H and O–H groups in total. The minimum Gasteiger partial charge on any atom is -0.392 e. The Hall–Kier alpha value is -0.800. The van der Waals surface area contributed by atoms with Gasteiger partial charge in [0.25, 0.3) is 0 Å². The largest absolute Gasteiger partial charge is 0.392 e. The SMILES string of the molecule is O[C@@H]1CCCC[C@@H]1NCc1ccc[nH]1. The summed E-state index contributed by atoms with van der Waals surface area (Å²) >= 11 is 0. The van der Waals surface area contributed by atoms with E-state index in [9.17, 15) is 5.11 Å². The van der Waals surface area contributed by atoms with Gasteiger partial charge in [-0.25, -0.2) is 0 Å². The number of rotatable bonds is 3. The number of aliphatic hydroxyl groups excluding tert-OH is 1. The third-order valence-corrected chi connectivity index (χ3v) is 2.95. The Labute approximate surface area is 84.5 Å². The first-order valence-electron chi connectivity index (χ1n) is 5.40. The zero-order chi connectivity index (χ0) is 9.80. The van der Waals surface area contributed by atoms with Crippen molar-refractivity contribution in [1.29, 1.82) is 0 Å². The molecule has 0 saturated heterocycles. The normalized spacial score (nSPS) is 27.8. The second-order valence-corrected chi connectivity index (χ2v) is 4.03. The Morgan fingerprint density at radius 1 is 1.43 bits per heavy atom. The molecule has 0 aromatic carbocycles. The number of hydrogen-bond acceptors (Lipinski definition) is 2. The predicted molar refractivity (Wildman–Crippen MR) is 55.9 cm³/mol. The lowest BCUT2D eigenvalue weighted by atomic mass is 9.92. The third kappa shape index (κ3) is 2.36. The zero-order valence-electron chi connectivity index (χ0n) is 8.37. The van der Waals surface area contributed by atoms with Gasteiger partial charge in [-0.05, 0) is 25.0 Å². The summed E-state index contributed by atoms with van der Waals surface area (Å²) in [6.45, 7) is 0.828. The van der Waals surface area contributed by atoms with Gasteiger partial charge in [-0.3, -0.25) is 0 Å². The van der Waals surface area contributed by atoms with Gasteiger partial charge in [0.2, 0.25) is 0 Å². The summed E-state index contributed by atoms with van der Waals surface area (Å²) in [7, 11) is 0. The maximum absolute atomic E-state index is 9.72. The van der Waals surface area contributed by atoms with E-state index in [0.29, 0.717) is 0 Å². The third-order valence-electron chi connectivity index (χ3n) is 2.95. The van der Waals surface area contributed by atoms with Crippen LogP contribution in [0.25, 0.3) is 0 Å². The van der Waals surface area contributed by atoms with Crippen molar-refractivity contribution in [2.45, 2.75) is 44.4 Å². The van der Waals surface area contributed by atoms with Crippen molar-refractivity contribution in [2.24, 2.45) is 0 Å². The van der Waals surface area contributed by atoms with Crippen LogP contribution in [-0.4, -0.2) is 22.2 Å². The summed E-state index contributed by atoms with van der Waals surface area (Å²) < 4.78 is 0. The van der Waals surface area contributed by atoms with E-state index in [1.54, 1.807) is 0 Å². The molecule has 1 fully saturated rings. The topological polar surface area (TPSA) is 48.0 Å².